The third-order valence-electron chi connectivity index (χ3n) is 4.96. The third-order valence-corrected chi connectivity index (χ3v) is 4.96. The Labute approximate surface area is 185 Å². The maximum absolute atomic E-state index is 13.1. The van der Waals surface area contributed by atoms with Crippen molar-refractivity contribution in [3.8, 4) is 22.8 Å². The molecule has 3 rings (SSSR count). The third kappa shape index (κ3) is 6.16. The van der Waals surface area contributed by atoms with E-state index in [1.165, 1.54) is 22.9 Å². The molecule has 32 heavy (non-hydrogen) atoms. The van der Waals surface area contributed by atoms with Crippen LogP contribution in [0.1, 0.15) is 18.4 Å². The van der Waals surface area contributed by atoms with E-state index in [-0.39, 0.29) is 23.7 Å². The molecule has 3 aromatic rings. The Kier molecular flexibility index (Phi) is 7.96. The van der Waals surface area contributed by atoms with Crippen molar-refractivity contribution in [2.24, 2.45) is 0 Å². The molecular weight excluding hydrogens is 413 g/mol. The van der Waals surface area contributed by atoms with Crippen LogP contribution in [0.4, 0.5) is 4.39 Å². The molecule has 0 bridgehead atoms. The lowest BCUT2D eigenvalue weighted by molar-refractivity contribution is -0.121. The summed E-state index contributed by atoms with van der Waals surface area (Å²) in [5.41, 5.74) is 2.07. The number of rotatable bonds is 10. The molecule has 0 fully saturated rings. The fourth-order valence-corrected chi connectivity index (χ4v) is 3.24. The van der Waals surface area contributed by atoms with Crippen molar-refractivity contribution < 1.29 is 18.7 Å². The molecule has 0 saturated heterocycles. The van der Waals surface area contributed by atoms with E-state index in [0.29, 0.717) is 48.7 Å². The van der Waals surface area contributed by atoms with Crippen LogP contribution in [0.25, 0.3) is 11.3 Å². The number of hydrogen-bond acceptors (Lipinski definition) is 5. The number of methoxy groups -OCH3 is 2. The van der Waals surface area contributed by atoms with Gasteiger partial charge in [-0.3, -0.25) is 9.59 Å². The Morgan fingerprint density at radius 2 is 1.78 bits per heavy atom. The SMILES string of the molecule is COc1ccc(CCNC(=O)CCCn2nc(-c3ccc(F)cc3)ccc2=O)cc1OC. The monoisotopic (exact) mass is 439 g/mol. The Balaban J connectivity index is 1.47. The highest BCUT2D eigenvalue weighted by molar-refractivity contribution is 5.75. The summed E-state index contributed by atoms with van der Waals surface area (Å²) in [6, 6.07) is 14.6. The van der Waals surface area contributed by atoms with Crippen LogP contribution in [-0.2, 0) is 17.8 Å². The molecule has 0 spiro atoms. The molecule has 0 saturated carbocycles. The van der Waals surface area contributed by atoms with Crippen molar-refractivity contribution in [3.05, 3.63) is 76.3 Å². The lowest BCUT2D eigenvalue weighted by Crippen LogP contribution is -2.27. The topological polar surface area (TPSA) is 82.5 Å². The van der Waals surface area contributed by atoms with Crippen LogP contribution in [0.3, 0.4) is 0 Å². The zero-order valence-electron chi connectivity index (χ0n) is 18.1. The number of nitrogens with one attached hydrogen (secondary N) is 1. The molecule has 168 valence electrons. The van der Waals surface area contributed by atoms with Crippen molar-refractivity contribution in [2.75, 3.05) is 20.8 Å². The van der Waals surface area contributed by atoms with Gasteiger partial charge >= 0.3 is 0 Å². The normalized spacial score (nSPS) is 10.6. The molecule has 0 radical (unpaired) electrons. The number of aromatic nitrogens is 2. The number of aryl methyl sites for hydroxylation is 1. The first kappa shape index (κ1) is 23.0. The number of benzene rings is 2. The minimum Gasteiger partial charge on any atom is -0.493 e. The van der Waals surface area contributed by atoms with Gasteiger partial charge in [-0.15, -0.1) is 0 Å². The van der Waals surface area contributed by atoms with E-state index in [1.54, 1.807) is 32.4 Å². The minimum atomic E-state index is -0.334. The van der Waals surface area contributed by atoms with Gasteiger partial charge in [-0.05, 0) is 60.9 Å². The lowest BCUT2D eigenvalue weighted by Gasteiger charge is -2.10. The average molecular weight is 439 g/mol. The van der Waals surface area contributed by atoms with Crippen LogP contribution in [0.5, 0.6) is 11.5 Å². The largest absolute Gasteiger partial charge is 0.493 e. The number of hydrogen-bond donors (Lipinski definition) is 1. The van der Waals surface area contributed by atoms with Crippen molar-refractivity contribution >= 4 is 5.91 Å². The molecule has 1 N–H and O–H groups in total. The molecule has 0 atom stereocenters. The van der Waals surface area contributed by atoms with Gasteiger partial charge in [0.1, 0.15) is 5.82 Å². The van der Waals surface area contributed by atoms with E-state index < -0.39 is 0 Å². The summed E-state index contributed by atoms with van der Waals surface area (Å²) in [4.78, 5) is 24.2. The van der Waals surface area contributed by atoms with Gasteiger partial charge in [0.05, 0.1) is 19.9 Å². The molecule has 0 aliphatic carbocycles. The molecule has 2 aromatic carbocycles. The van der Waals surface area contributed by atoms with E-state index >= 15 is 0 Å². The van der Waals surface area contributed by atoms with Gasteiger partial charge in [0.2, 0.25) is 5.91 Å². The van der Waals surface area contributed by atoms with Gasteiger partial charge in [-0.2, -0.15) is 5.10 Å². The summed E-state index contributed by atoms with van der Waals surface area (Å²) in [5, 5.41) is 7.22. The predicted octanol–water partition coefficient (Wildman–Crippen LogP) is 3.21. The van der Waals surface area contributed by atoms with Crippen LogP contribution in [0.15, 0.2) is 59.4 Å². The number of carbonyl (C=O) groups excluding carboxylic acids is 1. The standard InChI is InChI=1S/C24H26FN3O4/c1-31-21-11-5-17(16-22(21)32-2)13-14-26-23(29)4-3-15-28-24(30)12-10-20(27-28)18-6-8-19(25)9-7-18/h5-12,16H,3-4,13-15H2,1-2H3,(H,26,29). The van der Waals surface area contributed by atoms with Crippen LogP contribution < -0.4 is 20.3 Å². The summed E-state index contributed by atoms with van der Waals surface area (Å²) in [7, 11) is 3.17. The quantitative estimate of drug-likeness (QED) is 0.525. The summed E-state index contributed by atoms with van der Waals surface area (Å²) in [6.07, 6.45) is 1.41. The van der Waals surface area contributed by atoms with E-state index in [0.717, 1.165) is 5.56 Å². The fraction of sp³-hybridized carbons (Fsp3) is 0.292. The van der Waals surface area contributed by atoms with Crippen molar-refractivity contribution in [1.82, 2.24) is 15.1 Å². The number of halogens is 1. The Morgan fingerprint density at radius 3 is 2.50 bits per heavy atom. The van der Waals surface area contributed by atoms with Crippen LogP contribution in [-0.4, -0.2) is 36.5 Å². The average Bonchev–Trinajstić information content (AvgIpc) is 2.80. The minimum absolute atomic E-state index is 0.0896. The first-order valence-electron chi connectivity index (χ1n) is 10.3. The highest BCUT2D eigenvalue weighted by Gasteiger charge is 2.07. The summed E-state index contributed by atoms with van der Waals surface area (Å²) in [5.74, 6) is 0.886. The van der Waals surface area contributed by atoms with E-state index in [2.05, 4.69) is 10.4 Å². The predicted molar refractivity (Wildman–Crippen MR) is 119 cm³/mol. The van der Waals surface area contributed by atoms with E-state index in [1.807, 2.05) is 18.2 Å². The second-order valence-electron chi connectivity index (χ2n) is 7.18. The molecule has 0 aliphatic rings. The Bertz CT molecular complexity index is 1110. The molecule has 0 unspecified atom stereocenters. The maximum Gasteiger partial charge on any atom is 0.266 e. The zero-order chi connectivity index (χ0) is 22.9. The fourth-order valence-electron chi connectivity index (χ4n) is 3.24. The smallest absolute Gasteiger partial charge is 0.266 e. The van der Waals surface area contributed by atoms with Gasteiger partial charge < -0.3 is 14.8 Å². The van der Waals surface area contributed by atoms with Gasteiger partial charge in [0.25, 0.3) is 5.56 Å². The summed E-state index contributed by atoms with van der Waals surface area (Å²) in [6.45, 7) is 0.809. The summed E-state index contributed by atoms with van der Waals surface area (Å²) >= 11 is 0. The van der Waals surface area contributed by atoms with Crippen molar-refractivity contribution in [1.29, 1.82) is 0 Å². The van der Waals surface area contributed by atoms with Gasteiger partial charge in [-0.25, -0.2) is 9.07 Å². The molecule has 7 nitrogen and oxygen atoms in total. The maximum atomic E-state index is 13.1. The molecular formula is C24H26FN3O4. The van der Waals surface area contributed by atoms with E-state index in [4.69, 9.17) is 9.47 Å². The molecule has 1 heterocycles. The number of amides is 1. The second kappa shape index (κ2) is 11.1. The van der Waals surface area contributed by atoms with E-state index in [9.17, 15) is 14.0 Å². The van der Waals surface area contributed by atoms with Crippen molar-refractivity contribution in [2.45, 2.75) is 25.8 Å². The van der Waals surface area contributed by atoms with Crippen molar-refractivity contribution in [3.63, 3.8) is 0 Å². The van der Waals surface area contributed by atoms with Gasteiger partial charge in [0.15, 0.2) is 11.5 Å². The Morgan fingerprint density at radius 1 is 1.03 bits per heavy atom. The first-order chi connectivity index (χ1) is 15.5. The number of ether oxygens (including phenoxy) is 2. The van der Waals surface area contributed by atoms with Crippen LogP contribution >= 0.6 is 0 Å². The van der Waals surface area contributed by atoms with Gasteiger partial charge in [0, 0.05) is 31.1 Å². The van der Waals surface area contributed by atoms with Crippen LogP contribution in [0, 0.1) is 5.82 Å². The second-order valence-corrected chi connectivity index (χ2v) is 7.18. The lowest BCUT2D eigenvalue weighted by atomic mass is 10.1. The number of nitrogens with zero attached hydrogens (tertiary/aromatic N) is 2. The first-order valence-corrected chi connectivity index (χ1v) is 10.3. The van der Waals surface area contributed by atoms with Crippen LogP contribution in [0.2, 0.25) is 0 Å². The summed E-state index contributed by atoms with van der Waals surface area (Å²) < 4.78 is 25.0. The zero-order valence-corrected chi connectivity index (χ0v) is 18.1. The highest BCUT2D eigenvalue weighted by atomic mass is 19.1. The molecule has 8 heteroatoms. The molecule has 1 aromatic heterocycles. The van der Waals surface area contributed by atoms with Gasteiger partial charge in [-0.1, -0.05) is 6.07 Å². The molecule has 0 aliphatic heterocycles. The highest BCUT2D eigenvalue weighted by Crippen LogP contribution is 2.27. The molecule has 1 amide bonds. The Hall–Kier alpha value is -3.68. The number of carbonyl (C=O) groups is 1.